The summed E-state index contributed by atoms with van der Waals surface area (Å²) in [6.07, 6.45) is 8.85. The van der Waals surface area contributed by atoms with Gasteiger partial charge in [-0.25, -0.2) is 54.8 Å². The average Bonchev–Trinajstić information content (AvgIpc) is 1.58. The minimum atomic E-state index is -2.35. The van der Waals surface area contributed by atoms with E-state index < -0.39 is 44.3 Å². The summed E-state index contributed by atoms with van der Waals surface area (Å²) in [5, 5.41) is 9.94. The fraction of sp³-hybridized carbons (Fsp3) is 0.282. The quantitative estimate of drug-likeness (QED) is 0.137. The largest absolute Gasteiger partial charge is 0.435 e. The van der Waals surface area contributed by atoms with Crippen molar-refractivity contribution >= 4 is 196 Å². The molecule has 686 valence electrons. The molecule has 0 bridgehead atoms. The number of hydrogen-bond acceptors (Lipinski definition) is 26. The number of fused-ring (bicyclic) bond motifs is 20. The van der Waals surface area contributed by atoms with Gasteiger partial charge in [0, 0.05) is 160 Å². The zero-order chi connectivity index (χ0) is 102. The van der Waals surface area contributed by atoms with Gasteiger partial charge in [0.2, 0.25) is 28.6 Å². The summed E-state index contributed by atoms with van der Waals surface area (Å²) >= 11 is 0. The van der Waals surface area contributed by atoms with Crippen molar-refractivity contribution in [3.63, 3.8) is 0 Å². The van der Waals surface area contributed by atoms with Gasteiger partial charge in [0.15, 0.2) is 62.8 Å². The molecule has 0 fully saturated rings. The van der Waals surface area contributed by atoms with E-state index in [1.807, 2.05) is 227 Å². The topological polar surface area (TPSA) is 240 Å². The number of aromatic nitrogens is 11. The Hall–Kier alpha value is -15.5. The Kier molecular flexibility index (Phi) is 19.0. The van der Waals surface area contributed by atoms with E-state index >= 15 is 0 Å². The Morgan fingerprint density at radius 3 is 0.816 bits per heavy atom. The number of nitrogens with zero attached hydrogens (tertiary/aromatic N) is 21. The fourth-order valence-corrected chi connectivity index (χ4v) is 20.4. The molecule has 0 saturated heterocycles. The second kappa shape index (κ2) is 33.6. The highest BCUT2D eigenvalue weighted by Gasteiger charge is 2.44. The molecule has 0 radical (unpaired) electrons. The molecule has 0 saturated carbocycles. The van der Waals surface area contributed by atoms with Gasteiger partial charge in [-0.1, -0.05) is 60.7 Å². The van der Waals surface area contributed by atoms with E-state index in [-0.39, 0.29) is 18.5 Å². The lowest BCUT2D eigenvalue weighted by Crippen LogP contribution is -2.42. The Balaban J connectivity index is 0.000000107. The van der Waals surface area contributed by atoms with Crippen LogP contribution in [0, 0.1) is 69.2 Å². The lowest BCUT2D eigenvalue weighted by atomic mass is 10.1. The van der Waals surface area contributed by atoms with Crippen molar-refractivity contribution < 1.29 is 34.4 Å². The summed E-state index contributed by atoms with van der Waals surface area (Å²) < 4.78 is 105. The van der Waals surface area contributed by atoms with Crippen LogP contribution in [0.1, 0.15) is 145 Å². The Morgan fingerprint density at radius 1 is 0.250 bits per heavy atom. The van der Waals surface area contributed by atoms with Crippen LogP contribution in [0.3, 0.4) is 0 Å². The minimum absolute atomic E-state index is 0.0837. The summed E-state index contributed by atoms with van der Waals surface area (Å²) in [5.74, 6) is 3.77. The molecule has 5 atom stereocenters. The van der Waals surface area contributed by atoms with E-state index in [1.54, 1.807) is 31.0 Å². The maximum atomic E-state index is 8.71. The van der Waals surface area contributed by atoms with Gasteiger partial charge in [-0.2, -0.15) is 0 Å². The van der Waals surface area contributed by atoms with Crippen molar-refractivity contribution in [2.24, 2.45) is 0 Å². The van der Waals surface area contributed by atoms with Crippen LogP contribution in [0.2, 0.25) is 0 Å². The molecule has 20 aromatic rings. The fourth-order valence-electron chi connectivity index (χ4n) is 20.4. The molecule has 15 aromatic heterocycles. The van der Waals surface area contributed by atoms with E-state index in [1.165, 1.54) is 16.0 Å². The summed E-state index contributed by atoms with van der Waals surface area (Å²) in [6, 6.07) is 54.2. The number of pyridine rings is 9. The number of anilines is 15. The number of hydrogen-bond donors (Lipinski definition) is 0. The first-order chi connectivity index (χ1) is 68.8. The van der Waals surface area contributed by atoms with Crippen LogP contribution in [0.5, 0.6) is 0 Å². The maximum Gasteiger partial charge on any atom is 0.227 e. The van der Waals surface area contributed by atoms with Crippen molar-refractivity contribution in [3.8, 4) is 0 Å². The first kappa shape index (κ1) is 77.0. The molecule has 20 heterocycles. The summed E-state index contributed by atoms with van der Waals surface area (Å²) in [5.41, 5.74) is 25.0. The molecule has 0 amide bonds. The van der Waals surface area contributed by atoms with Crippen molar-refractivity contribution in [2.45, 2.75) is 194 Å². The van der Waals surface area contributed by atoms with E-state index in [2.05, 4.69) is 178 Å². The zero-order valence-corrected chi connectivity index (χ0v) is 79.9. The van der Waals surface area contributed by atoms with Crippen LogP contribution >= 0.6 is 0 Å². The number of aryl methyl sites for hydroxylation is 10. The highest BCUT2D eigenvalue weighted by Crippen LogP contribution is 2.55. The molecule has 5 aliphatic heterocycles. The first-order valence-electron chi connectivity index (χ1n) is 50.4. The van der Waals surface area contributed by atoms with Gasteiger partial charge in [0.1, 0.15) is 30.8 Å². The molecule has 5 aromatic carbocycles. The second-order valence-electron chi connectivity index (χ2n) is 36.4. The molecule has 0 N–H and O–H groups in total. The highest BCUT2D eigenvalue weighted by atomic mass is 16.4. The average molecular weight is 1820 g/mol. The molecular weight excluding hydrogens is 1700 g/mol. The van der Waals surface area contributed by atoms with Crippen LogP contribution in [0.4, 0.5) is 86.1 Å². The van der Waals surface area contributed by atoms with Crippen molar-refractivity contribution in [3.05, 3.63) is 263 Å². The summed E-state index contributed by atoms with van der Waals surface area (Å²) in [7, 11) is 0. The standard InChI is InChI=1S/3C23H24N4O.C21H20N4O.C20H19N5O/c2*1-13(2)26-16(5)27(19-7-6-12-24-22(19)26)20-14(3)8-10-17-18-11-9-15(4)25-23(18)28-21(17)20;1-13(2)26-16(5)27(22-19(26)7-6-12-24-22)20-14(3)8-10-17-18-11-9-15(4)25-23(18)28-21(17)20;1-12-7-9-15-16-10-8-13(2)23-21(16)26-19(15)18(12)25-14(3)24(4)20-17(25)6-5-11-22-20;1-11-5-7-14-15-8-6-12(2)23-20(15)26-17(14)16(11)25-13(3)24(4)18-19(25)22-10-9-21-18/h3*6-13,16H,1-5H3;5-11,14H,1-4H3;5-10,13H,1-4H3/t3*16-;14-;13-/m00000/s1/i3*13D;2*4D3. The van der Waals surface area contributed by atoms with Gasteiger partial charge < -0.3 is 66.2 Å². The molecule has 136 heavy (non-hydrogen) atoms. The van der Waals surface area contributed by atoms with Gasteiger partial charge in [-0.3, -0.25) is 4.90 Å². The Bertz CT molecular complexity index is 7450. The monoisotopic (exact) mass is 1810 g/mol. The molecule has 25 rings (SSSR count). The third-order valence-electron chi connectivity index (χ3n) is 26.6. The van der Waals surface area contributed by atoms with E-state index in [0.29, 0.717) is 57.2 Å². The SMILES string of the molecule is [2H]C(C)(C)N1c2cccnc2N(c2c(C)ccc3c2oc2nc(C)ccc23)[C@H]1C.[2H]C(C)(C)N1c2ncccc2N(c2c(C)ccc3c2oc2nc(C)ccc23)[C@H]1C.[2H]C(C)(C)N1c2ncccc2N(c2c(C)ccc3c2oc2nc(C)ccc23)[C@H]1C.[2H]C([2H])([2H])N1c2ncccc2N(c2c(C)ccc3c2oc2nc(C)ccc23)[C@H]1C.[2H]C([2H])([2H])N1c2nccnc2N(c2c(C)ccc3c2oc2nc(C)ccc23)[C@H]1C. The smallest absolute Gasteiger partial charge is 0.227 e. The second-order valence-corrected chi connectivity index (χ2v) is 36.4. The van der Waals surface area contributed by atoms with E-state index in [4.69, 9.17) is 39.4 Å². The van der Waals surface area contributed by atoms with Crippen LogP contribution in [-0.2, 0) is 0 Å². The van der Waals surface area contributed by atoms with Crippen LogP contribution in [0.15, 0.2) is 229 Å². The van der Waals surface area contributed by atoms with Crippen molar-refractivity contribution in [1.29, 1.82) is 0 Å². The van der Waals surface area contributed by atoms with Gasteiger partial charge in [0.25, 0.3) is 0 Å². The predicted molar refractivity (Wildman–Crippen MR) is 552 cm³/mol. The molecule has 26 nitrogen and oxygen atoms in total. The normalized spacial score (nSPS) is 18.0. The van der Waals surface area contributed by atoms with Crippen molar-refractivity contribution in [2.75, 3.05) is 63.0 Å². The predicted octanol–water partition coefficient (Wildman–Crippen LogP) is 26.4. The number of rotatable bonds is 8. The lowest BCUT2D eigenvalue weighted by Gasteiger charge is -2.33. The van der Waals surface area contributed by atoms with Gasteiger partial charge in [-0.15, -0.1) is 0 Å². The molecule has 0 spiro atoms. The van der Waals surface area contributed by atoms with Crippen LogP contribution in [0.25, 0.3) is 110 Å². The van der Waals surface area contributed by atoms with E-state index in [0.717, 1.165) is 196 Å². The van der Waals surface area contributed by atoms with Crippen LogP contribution in [-0.4, -0.2) is 118 Å². The minimum Gasteiger partial charge on any atom is -0.435 e. The molecule has 26 heteroatoms. The zero-order valence-electron chi connectivity index (χ0n) is 88.9. The molecule has 5 aliphatic rings. The first-order valence-corrected chi connectivity index (χ1v) is 45.9. The van der Waals surface area contributed by atoms with Gasteiger partial charge in [0.05, 0.1) is 55.3 Å². The third-order valence-corrected chi connectivity index (χ3v) is 26.6. The Morgan fingerprint density at radius 2 is 0.493 bits per heavy atom. The maximum absolute atomic E-state index is 8.71. The van der Waals surface area contributed by atoms with Gasteiger partial charge in [-0.05, 0) is 282 Å². The molecule has 0 unspecified atom stereocenters. The Labute approximate surface area is 802 Å². The summed E-state index contributed by atoms with van der Waals surface area (Å²) in [6.45, 7) is 36.8. The number of benzene rings is 5. The highest BCUT2D eigenvalue weighted by molar-refractivity contribution is 6.15. The molecule has 0 aliphatic carbocycles. The van der Waals surface area contributed by atoms with Crippen LogP contribution < -0.4 is 49.0 Å². The van der Waals surface area contributed by atoms with Crippen molar-refractivity contribution in [1.82, 2.24) is 54.8 Å². The van der Waals surface area contributed by atoms with E-state index in [9.17, 15) is 0 Å². The summed E-state index contributed by atoms with van der Waals surface area (Å²) in [4.78, 5) is 69.4. The molecular formula is C110H111N21O5. The number of furan rings is 5. The third kappa shape index (κ3) is 14.0. The van der Waals surface area contributed by atoms with Gasteiger partial charge >= 0.3 is 0 Å². The lowest BCUT2D eigenvalue weighted by molar-refractivity contribution is 0.597.